The molecule has 2 heterocycles. The highest BCUT2D eigenvalue weighted by molar-refractivity contribution is 7.97. The maximum absolute atomic E-state index is 12.7. The maximum atomic E-state index is 12.7. The molecule has 4 fully saturated rings. The smallest absolute Gasteiger partial charge is 0.354 e. The van der Waals surface area contributed by atoms with Crippen molar-refractivity contribution in [1.82, 2.24) is 9.29 Å². The molecule has 1 aromatic heterocycles. The van der Waals surface area contributed by atoms with Gasteiger partial charge in [0.25, 0.3) is 0 Å². The van der Waals surface area contributed by atoms with Crippen molar-refractivity contribution in [1.29, 1.82) is 0 Å². The van der Waals surface area contributed by atoms with Crippen molar-refractivity contribution in [2.45, 2.75) is 39.3 Å². The first-order chi connectivity index (χ1) is 13.6. The second-order valence-electron chi connectivity index (χ2n) is 9.56. The van der Waals surface area contributed by atoms with Crippen LogP contribution >= 0.6 is 11.9 Å². The van der Waals surface area contributed by atoms with Crippen LogP contribution in [-0.4, -0.2) is 47.0 Å². The first-order valence-corrected chi connectivity index (χ1v) is 11.3. The number of Topliss-reactive ketones (excluding diaryl/α,β-unsaturated/α-hetero) is 1. The zero-order valence-electron chi connectivity index (χ0n) is 16.8. The number of hydrogen-bond donors (Lipinski definition) is 0. The fraction of sp³-hybridized carbons (Fsp3) is 0.714. The number of ketones is 1. The largest absolute Gasteiger partial charge is 0.417 e. The summed E-state index contributed by atoms with van der Waals surface area (Å²) in [4.78, 5) is 18.7. The minimum Gasteiger partial charge on any atom is -0.354 e. The molecule has 29 heavy (non-hydrogen) atoms. The summed E-state index contributed by atoms with van der Waals surface area (Å²) in [5.74, 6) is 2.65. The van der Waals surface area contributed by atoms with Crippen LogP contribution in [0.25, 0.3) is 0 Å². The van der Waals surface area contributed by atoms with Crippen molar-refractivity contribution >= 4 is 23.5 Å². The highest BCUT2D eigenvalue weighted by atomic mass is 32.2. The molecule has 0 aromatic carbocycles. The minimum atomic E-state index is -4.36. The predicted molar refractivity (Wildman–Crippen MR) is 106 cm³/mol. The van der Waals surface area contributed by atoms with Crippen LogP contribution in [0.4, 0.5) is 19.0 Å². The number of nitrogens with zero attached hydrogens (tertiary/aromatic N) is 3. The van der Waals surface area contributed by atoms with Gasteiger partial charge >= 0.3 is 6.18 Å². The lowest BCUT2D eigenvalue weighted by atomic mass is 9.54. The van der Waals surface area contributed by atoms with E-state index in [-0.39, 0.29) is 10.8 Å². The summed E-state index contributed by atoms with van der Waals surface area (Å²) in [5, 5.41) is 0. The van der Waals surface area contributed by atoms with Gasteiger partial charge < -0.3 is 4.90 Å². The number of alkyl halides is 3. The van der Waals surface area contributed by atoms with Gasteiger partial charge in [-0.15, -0.1) is 0 Å². The van der Waals surface area contributed by atoms with Gasteiger partial charge in [0.1, 0.15) is 11.6 Å². The molecule has 1 aliphatic heterocycles. The van der Waals surface area contributed by atoms with Crippen LogP contribution < -0.4 is 4.90 Å². The average Bonchev–Trinajstić information content (AvgIpc) is 3.03. The third kappa shape index (κ3) is 2.57. The van der Waals surface area contributed by atoms with E-state index in [4.69, 9.17) is 0 Å². The highest BCUT2D eigenvalue weighted by Crippen LogP contribution is 2.89. The van der Waals surface area contributed by atoms with E-state index in [1.165, 1.54) is 12.5 Å². The van der Waals surface area contributed by atoms with E-state index in [0.717, 1.165) is 63.0 Å². The van der Waals surface area contributed by atoms with E-state index in [0.29, 0.717) is 17.0 Å². The molecule has 4 nitrogen and oxygen atoms in total. The van der Waals surface area contributed by atoms with Crippen LogP contribution in [0.3, 0.4) is 0 Å². The Bertz CT molecular complexity index is 835. The fourth-order valence-electron chi connectivity index (χ4n) is 6.63. The Balaban J connectivity index is 1.17. The molecule has 0 radical (unpaired) electrons. The molecule has 5 rings (SSSR count). The number of carbonyl (C=O) groups is 1. The van der Waals surface area contributed by atoms with Crippen LogP contribution in [0.5, 0.6) is 0 Å². The quantitative estimate of drug-likeness (QED) is 0.674. The second-order valence-corrected chi connectivity index (χ2v) is 10.6. The monoisotopic (exact) mass is 425 g/mol. The molecular formula is C21H26F3N3OS. The average molecular weight is 426 g/mol. The SMILES string of the molecule is CC1(C)C2CCC3(CSN4CCN(c5ccc(C(F)(F)F)cn5)CC4)C(=O)CC231. The number of carbonyl (C=O) groups excluding carboxylic acids is 1. The molecule has 0 bridgehead atoms. The van der Waals surface area contributed by atoms with E-state index in [1.54, 1.807) is 11.9 Å². The van der Waals surface area contributed by atoms with Gasteiger partial charge in [-0.1, -0.05) is 25.8 Å². The molecule has 0 amide bonds. The minimum absolute atomic E-state index is 0.113. The Morgan fingerprint density at radius 3 is 2.48 bits per heavy atom. The van der Waals surface area contributed by atoms with E-state index in [2.05, 4.69) is 23.1 Å². The zero-order valence-corrected chi connectivity index (χ0v) is 17.6. The van der Waals surface area contributed by atoms with Gasteiger partial charge in [0.15, 0.2) is 0 Å². The first kappa shape index (κ1) is 19.7. The highest BCUT2D eigenvalue weighted by Gasteiger charge is 2.88. The van der Waals surface area contributed by atoms with E-state index in [9.17, 15) is 18.0 Å². The van der Waals surface area contributed by atoms with Crippen molar-refractivity contribution in [2.24, 2.45) is 22.2 Å². The molecule has 1 aromatic rings. The normalized spacial score (nSPS) is 35.8. The van der Waals surface area contributed by atoms with Crippen LogP contribution in [0, 0.1) is 22.2 Å². The number of piperazine rings is 1. The molecule has 1 spiro atoms. The molecule has 1 saturated heterocycles. The third-order valence-corrected chi connectivity index (χ3v) is 9.70. The summed E-state index contributed by atoms with van der Waals surface area (Å²) >= 11 is 1.80. The lowest BCUT2D eigenvalue weighted by Crippen LogP contribution is -2.55. The van der Waals surface area contributed by atoms with Crippen LogP contribution in [0.1, 0.15) is 38.7 Å². The van der Waals surface area contributed by atoms with Gasteiger partial charge in [-0.25, -0.2) is 9.29 Å². The molecule has 4 aliphatic rings. The first-order valence-electron chi connectivity index (χ1n) is 10.3. The summed E-state index contributed by atoms with van der Waals surface area (Å²) in [6, 6.07) is 2.55. The summed E-state index contributed by atoms with van der Waals surface area (Å²) in [6.45, 7) is 7.75. The Labute approximate surface area is 173 Å². The van der Waals surface area contributed by atoms with Crippen LogP contribution in [-0.2, 0) is 11.0 Å². The van der Waals surface area contributed by atoms with E-state index < -0.39 is 11.7 Å². The van der Waals surface area contributed by atoms with Crippen LogP contribution in [0.2, 0.25) is 0 Å². The van der Waals surface area contributed by atoms with E-state index in [1.807, 2.05) is 4.90 Å². The second kappa shape index (κ2) is 6.13. The number of rotatable bonds is 4. The van der Waals surface area contributed by atoms with Crippen molar-refractivity contribution in [3.8, 4) is 0 Å². The Hall–Kier alpha value is -1.28. The Kier molecular flexibility index (Phi) is 4.15. The van der Waals surface area contributed by atoms with Crippen molar-refractivity contribution in [3.05, 3.63) is 23.9 Å². The molecule has 158 valence electrons. The predicted octanol–water partition coefficient (Wildman–Crippen LogP) is 4.27. The summed E-state index contributed by atoms with van der Waals surface area (Å²) < 4.78 is 40.4. The molecular weight excluding hydrogens is 399 g/mol. The topological polar surface area (TPSA) is 36.4 Å². The molecule has 3 unspecified atom stereocenters. The zero-order chi connectivity index (χ0) is 20.7. The standard InChI is InChI=1S/C21H26F3N3OS/c1-18(2)15-5-6-19(16(28)11-20(15,18)19)13-29-27-9-7-26(8-10-27)17-4-3-14(12-25-17)21(22,23)24/h3-4,12,15H,5-11,13H2,1-2H3. The molecule has 3 atom stereocenters. The lowest BCUT2D eigenvalue weighted by molar-refractivity contribution is -0.148. The van der Waals surface area contributed by atoms with Gasteiger partial charge in [-0.2, -0.15) is 13.2 Å². The molecule has 3 aliphatic carbocycles. The van der Waals surface area contributed by atoms with Gasteiger partial charge in [-0.3, -0.25) is 4.79 Å². The number of pyridine rings is 1. The Morgan fingerprint density at radius 1 is 1.21 bits per heavy atom. The van der Waals surface area contributed by atoms with Gasteiger partial charge in [0.05, 0.1) is 5.56 Å². The van der Waals surface area contributed by atoms with Gasteiger partial charge in [0.2, 0.25) is 0 Å². The lowest BCUT2D eigenvalue weighted by Gasteiger charge is -2.50. The number of aromatic nitrogens is 1. The number of halogens is 3. The molecule has 3 saturated carbocycles. The van der Waals surface area contributed by atoms with Crippen molar-refractivity contribution in [3.63, 3.8) is 0 Å². The molecule has 8 heteroatoms. The third-order valence-electron chi connectivity index (χ3n) is 8.35. The van der Waals surface area contributed by atoms with Crippen LogP contribution in [0.15, 0.2) is 18.3 Å². The van der Waals surface area contributed by atoms with Gasteiger partial charge in [0, 0.05) is 50.0 Å². The van der Waals surface area contributed by atoms with E-state index >= 15 is 0 Å². The summed E-state index contributed by atoms with van der Waals surface area (Å²) in [5.41, 5.74) is -0.257. The summed E-state index contributed by atoms with van der Waals surface area (Å²) in [7, 11) is 0. The molecule has 0 N–H and O–H groups in total. The number of hydrogen-bond acceptors (Lipinski definition) is 5. The van der Waals surface area contributed by atoms with Crippen molar-refractivity contribution in [2.75, 3.05) is 36.8 Å². The van der Waals surface area contributed by atoms with Crippen molar-refractivity contribution < 1.29 is 18.0 Å². The maximum Gasteiger partial charge on any atom is 0.417 e. The van der Waals surface area contributed by atoms with Gasteiger partial charge in [-0.05, 0) is 41.7 Å². The Morgan fingerprint density at radius 2 is 1.93 bits per heavy atom. The fourth-order valence-corrected chi connectivity index (χ4v) is 8.02. The number of anilines is 1. The summed E-state index contributed by atoms with van der Waals surface area (Å²) in [6.07, 6.45) is -0.440.